The lowest BCUT2D eigenvalue weighted by molar-refractivity contribution is 0.400. The van der Waals surface area contributed by atoms with E-state index in [0.717, 1.165) is 22.2 Å². The van der Waals surface area contributed by atoms with Crippen molar-refractivity contribution in [2.45, 2.75) is 6.92 Å². The Kier molecular flexibility index (Phi) is 2.99. The molecule has 0 fully saturated rings. The van der Waals surface area contributed by atoms with Crippen LogP contribution in [-0.4, -0.2) is 16.7 Å². The van der Waals surface area contributed by atoms with Gasteiger partial charge >= 0.3 is 5.69 Å². The molecular weight excluding hydrogens is 252 g/mol. The summed E-state index contributed by atoms with van der Waals surface area (Å²) in [7, 11) is 1.52. The predicted molar refractivity (Wildman–Crippen MR) is 78.6 cm³/mol. The van der Waals surface area contributed by atoms with Gasteiger partial charge in [-0.3, -0.25) is 4.57 Å². The minimum Gasteiger partial charge on any atom is -0.480 e. The summed E-state index contributed by atoms with van der Waals surface area (Å²) in [6, 6.07) is 15.4. The van der Waals surface area contributed by atoms with E-state index in [0.29, 0.717) is 5.88 Å². The maximum Gasteiger partial charge on any atom is 0.355 e. The van der Waals surface area contributed by atoms with Crippen molar-refractivity contribution in [2.24, 2.45) is 0 Å². The van der Waals surface area contributed by atoms with Crippen molar-refractivity contribution in [3.8, 4) is 11.6 Å². The fourth-order valence-corrected chi connectivity index (χ4v) is 2.29. The fourth-order valence-electron chi connectivity index (χ4n) is 2.29. The molecule has 0 aliphatic carbocycles. The number of hydrogen-bond donors (Lipinski definition) is 0. The van der Waals surface area contributed by atoms with E-state index >= 15 is 0 Å². The molecule has 3 rings (SSSR count). The number of ether oxygens (including phenoxy) is 1. The van der Waals surface area contributed by atoms with Gasteiger partial charge in [0.15, 0.2) is 0 Å². The van der Waals surface area contributed by atoms with E-state index in [4.69, 9.17) is 4.74 Å². The molecule has 0 spiro atoms. The maximum atomic E-state index is 12.3. The molecule has 0 aliphatic rings. The van der Waals surface area contributed by atoms with Gasteiger partial charge in [-0.05, 0) is 36.8 Å². The minimum atomic E-state index is -0.342. The summed E-state index contributed by atoms with van der Waals surface area (Å²) in [5.74, 6) is 0.359. The molecule has 20 heavy (non-hydrogen) atoms. The van der Waals surface area contributed by atoms with Crippen LogP contribution in [0.1, 0.15) is 5.56 Å². The molecular formula is C16H14N2O2. The highest BCUT2D eigenvalue weighted by Gasteiger charge is 2.12. The van der Waals surface area contributed by atoms with Crippen molar-refractivity contribution in [3.05, 3.63) is 64.6 Å². The monoisotopic (exact) mass is 266 g/mol. The molecule has 0 amide bonds. The lowest BCUT2D eigenvalue weighted by atomic mass is 10.1. The van der Waals surface area contributed by atoms with Gasteiger partial charge in [0.25, 0.3) is 0 Å². The first-order chi connectivity index (χ1) is 9.70. The molecule has 3 aromatic rings. The molecule has 4 heteroatoms. The molecule has 0 unspecified atom stereocenters. The van der Waals surface area contributed by atoms with Gasteiger partial charge in [0.2, 0.25) is 5.88 Å². The quantitative estimate of drug-likeness (QED) is 0.716. The van der Waals surface area contributed by atoms with Crippen molar-refractivity contribution in [3.63, 3.8) is 0 Å². The average Bonchev–Trinajstić information content (AvgIpc) is 2.47. The summed E-state index contributed by atoms with van der Waals surface area (Å²) < 4.78 is 6.82. The summed E-state index contributed by atoms with van der Waals surface area (Å²) in [6.07, 6.45) is 0. The molecule has 0 aliphatic heterocycles. The third-order valence-corrected chi connectivity index (χ3v) is 3.22. The SMILES string of the molecule is COc1nc(=O)n(-c2ccccc2)c2cc(C)ccc12. The van der Waals surface area contributed by atoms with Crippen LogP contribution in [0.3, 0.4) is 0 Å². The maximum absolute atomic E-state index is 12.3. The third-order valence-electron chi connectivity index (χ3n) is 3.22. The molecule has 1 aromatic heterocycles. The number of aryl methyl sites for hydroxylation is 1. The minimum absolute atomic E-state index is 0.342. The summed E-state index contributed by atoms with van der Waals surface area (Å²) in [6.45, 7) is 1.99. The first-order valence-corrected chi connectivity index (χ1v) is 6.33. The standard InChI is InChI=1S/C16H14N2O2/c1-11-8-9-13-14(10-11)18(12-6-4-3-5-7-12)16(19)17-15(13)20-2/h3-10H,1-2H3. The molecule has 100 valence electrons. The van der Waals surface area contributed by atoms with Crippen molar-refractivity contribution < 1.29 is 4.74 Å². The van der Waals surface area contributed by atoms with Gasteiger partial charge in [-0.1, -0.05) is 24.3 Å². The second-order valence-electron chi connectivity index (χ2n) is 4.60. The highest BCUT2D eigenvalue weighted by atomic mass is 16.5. The van der Waals surface area contributed by atoms with Crippen molar-refractivity contribution >= 4 is 10.9 Å². The lowest BCUT2D eigenvalue weighted by Crippen LogP contribution is -2.22. The van der Waals surface area contributed by atoms with Gasteiger partial charge in [-0.15, -0.1) is 0 Å². The van der Waals surface area contributed by atoms with Crippen LogP contribution in [-0.2, 0) is 0 Å². The Labute approximate surface area is 116 Å². The summed E-state index contributed by atoms with van der Waals surface area (Å²) in [4.78, 5) is 16.3. The Balaban J connectivity index is 2.46. The fraction of sp³-hybridized carbons (Fsp3) is 0.125. The van der Waals surface area contributed by atoms with Crippen LogP contribution >= 0.6 is 0 Å². The van der Waals surface area contributed by atoms with Crippen LogP contribution in [0, 0.1) is 6.92 Å². The normalized spacial score (nSPS) is 10.7. The molecule has 0 bridgehead atoms. The highest BCUT2D eigenvalue weighted by Crippen LogP contribution is 2.24. The highest BCUT2D eigenvalue weighted by molar-refractivity contribution is 5.85. The van der Waals surface area contributed by atoms with Crippen LogP contribution in [0.4, 0.5) is 0 Å². The van der Waals surface area contributed by atoms with Gasteiger partial charge in [0.05, 0.1) is 23.7 Å². The number of benzene rings is 2. The van der Waals surface area contributed by atoms with Crippen molar-refractivity contribution in [2.75, 3.05) is 7.11 Å². The smallest absolute Gasteiger partial charge is 0.355 e. The Hall–Kier alpha value is -2.62. The van der Waals surface area contributed by atoms with Gasteiger partial charge in [0.1, 0.15) is 0 Å². The largest absolute Gasteiger partial charge is 0.480 e. The van der Waals surface area contributed by atoms with Gasteiger partial charge in [-0.2, -0.15) is 4.98 Å². The number of nitrogens with zero attached hydrogens (tertiary/aromatic N) is 2. The number of methoxy groups -OCH3 is 1. The number of aromatic nitrogens is 2. The summed E-state index contributed by atoms with van der Waals surface area (Å²) in [5.41, 5.74) is 2.33. The van der Waals surface area contributed by atoms with E-state index in [1.165, 1.54) is 7.11 Å². The first kappa shape index (κ1) is 12.4. The van der Waals surface area contributed by atoms with E-state index in [1.54, 1.807) is 4.57 Å². The molecule has 1 heterocycles. The number of fused-ring (bicyclic) bond motifs is 1. The Morgan fingerprint density at radius 2 is 1.85 bits per heavy atom. The van der Waals surface area contributed by atoms with Crippen LogP contribution in [0.2, 0.25) is 0 Å². The second-order valence-corrected chi connectivity index (χ2v) is 4.60. The number of para-hydroxylation sites is 1. The zero-order valence-corrected chi connectivity index (χ0v) is 11.3. The molecule has 0 saturated heterocycles. The molecule has 4 nitrogen and oxygen atoms in total. The van der Waals surface area contributed by atoms with E-state index in [9.17, 15) is 4.79 Å². The Bertz CT molecular complexity index is 823. The van der Waals surface area contributed by atoms with Crippen LogP contribution in [0.5, 0.6) is 5.88 Å². The van der Waals surface area contributed by atoms with Gasteiger partial charge in [-0.25, -0.2) is 4.79 Å². The topological polar surface area (TPSA) is 44.1 Å². The average molecular weight is 266 g/mol. The molecule has 0 atom stereocenters. The van der Waals surface area contributed by atoms with Crippen molar-refractivity contribution in [1.29, 1.82) is 0 Å². The molecule has 0 N–H and O–H groups in total. The van der Waals surface area contributed by atoms with E-state index in [-0.39, 0.29) is 5.69 Å². The molecule has 0 radical (unpaired) electrons. The second kappa shape index (κ2) is 4.81. The predicted octanol–water partition coefficient (Wildman–Crippen LogP) is 2.70. The van der Waals surface area contributed by atoms with E-state index in [2.05, 4.69) is 4.98 Å². The van der Waals surface area contributed by atoms with Gasteiger partial charge < -0.3 is 4.74 Å². The Morgan fingerprint density at radius 3 is 2.55 bits per heavy atom. The van der Waals surface area contributed by atoms with Crippen LogP contribution < -0.4 is 10.4 Å². The number of rotatable bonds is 2. The van der Waals surface area contributed by atoms with Crippen LogP contribution in [0.25, 0.3) is 16.6 Å². The summed E-state index contributed by atoms with van der Waals surface area (Å²) in [5, 5.41) is 0.821. The van der Waals surface area contributed by atoms with Crippen LogP contribution in [0.15, 0.2) is 53.3 Å². The summed E-state index contributed by atoms with van der Waals surface area (Å²) >= 11 is 0. The molecule has 2 aromatic carbocycles. The Morgan fingerprint density at radius 1 is 1.10 bits per heavy atom. The number of hydrogen-bond acceptors (Lipinski definition) is 3. The van der Waals surface area contributed by atoms with Crippen molar-refractivity contribution in [1.82, 2.24) is 9.55 Å². The zero-order chi connectivity index (χ0) is 14.1. The van der Waals surface area contributed by atoms with E-state index in [1.807, 2.05) is 55.5 Å². The first-order valence-electron chi connectivity index (χ1n) is 6.33. The molecule has 0 saturated carbocycles. The zero-order valence-electron chi connectivity index (χ0n) is 11.3. The van der Waals surface area contributed by atoms with E-state index < -0.39 is 0 Å². The third kappa shape index (κ3) is 1.95. The lowest BCUT2D eigenvalue weighted by Gasteiger charge is -2.12. The van der Waals surface area contributed by atoms with Gasteiger partial charge in [0, 0.05) is 0 Å².